The average Bonchev–Trinajstić information content (AvgIpc) is 3.34. The van der Waals surface area contributed by atoms with E-state index in [1.165, 1.54) is 10.8 Å². The van der Waals surface area contributed by atoms with Crippen LogP contribution in [0.3, 0.4) is 0 Å². The van der Waals surface area contributed by atoms with Crippen molar-refractivity contribution in [3.63, 3.8) is 0 Å². The zero-order chi connectivity index (χ0) is 20.1. The number of aromatic nitrogens is 2. The number of fused-ring (bicyclic) bond motifs is 2. The van der Waals surface area contributed by atoms with E-state index in [4.69, 9.17) is 0 Å². The second-order valence-electron chi connectivity index (χ2n) is 7.51. The summed E-state index contributed by atoms with van der Waals surface area (Å²) in [4.78, 5) is 10.8. The maximum atomic E-state index is 9.74. The summed E-state index contributed by atoms with van der Waals surface area (Å²) in [5, 5.41) is 21.9. The second-order valence-corrected chi connectivity index (χ2v) is 7.51. The Morgan fingerprint density at radius 2 is 1.10 bits per heavy atom. The zero-order valence-corrected chi connectivity index (χ0v) is 16.5. The second kappa shape index (κ2) is 9.24. The number of hydrogen-bond acceptors (Lipinski definition) is 4. The quantitative estimate of drug-likeness (QED) is 0.313. The van der Waals surface area contributed by atoms with Crippen molar-refractivity contribution in [1.29, 1.82) is 0 Å². The molecule has 0 radical (unpaired) electrons. The number of rotatable bonds is 10. The van der Waals surface area contributed by atoms with Gasteiger partial charge < -0.3 is 20.2 Å². The van der Waals surface area contributed by atoms with Crippen molar-refractivity contribution in [2.75, 3.05) is 26.6 Å². The summed E-state index contributed by atoms with van der Waals surface area (Å²) in [5.41, 5.74) is 4.42. The summed E-state index contributed by atoms with van der Waals surface area (Å²) in [6, 6.07) is 20.6. The molecule has 4 N–H and O–H groups in total. The Balaban J connectivity index is 1.29. The van der Waals surface area contributed by atoms with Crippen LogP contribution in [-0.4, -0.2) is 56.5 Å². The maximum Gasteiger partial charge on any atom is 0.0959 e. The molecular weight excluding hydrogens is 364 g/mol. The number of hydrogen-bond donors (Lipinski definition) is 4. The molecule has 0 saturated carbocycles. The summed E-state index contributed by atoms with van der Waals surface area (Å²) in [7, 11) is 0. The molecule has 6 heteroatoms. The highest BCUT2D eigenvalue weighted by Gasteiger charge is 2.10. The number of H-pyrrole nitrogens is 2. The van der Waals surface area contributed by atoms with Crippen molar-refractivity contribution in [3.05, 3.63) is 72.1 Å². The lowest BCUT2D eigenvalue weighted by Gasteiger charge is -2.22. The van der Waals surface area contributed by atoms with E-state index in [1.54, 1.807) is 0 Å². The Labute approximate surface area is 170 Å². The fourth-order valence-corrected chi connectivity index (χ4v) is 3.84. The van der Waals surface area contributed by atoms with E-state index in [2.05, 4.69) is 46.4 Å². The number of aliphatic hydroxyl groups excluding tert-OH is 2. The lowest BCUT2D eigenvalue weighted by molar-refractivity contribution is 0.0747. The number of aromatic amines is 2. The van der Waals surface area contributed by atoms with Crippen molar-refractivity contribution in [3.8, 4) is 0 Å². The Hall–Kier alpha value is -2.64. The summed E-state index contributed by atoms with van der Waals surface area (Å²) in [5.74, 6) is 0. The molecule has 4 aromatic rings. The van der Waals surface area contributed by atoms with Crippen molar-refractivity contribution < 1.29 is 10.2 Å². The average molecular weight is 393 g/mol. The van der Waals surface area contributed by atoms with Crippen LogP contribution in [0.5, 0.6) is 0 Å². The van der Waals surface area contributed by atoms with Gasteiger partial charge in [0.1, 0.15) is 0 Å². The number of para-hydroxylation sites is 2. The van der Waals surface area contributed by atoms with Gasteiger partial charge in [-0.3, -0.25) is 9.80 Å². The van der Waals surface area contributed by atoms with Crippen LogP contribution in [0.2, 0.25) is 0 Å². The fraction of sp³-hybridized carbons (Fsp3) is 0.304. The summed E-state index contributed by atoms with van der Waals surface area (Å²) < 4.78 is 0. The largest absolute Gasteiger partial charge is 0.381 e. The van der Waals surface area contributed by atoms with Crippen molar-refractivity contribution in [1.82, 2.24) is 19.8 Å². The minimum Gasteiger partial charge on any atom is -0.381 e. The molecule has 0 fully saturated rings. The van der Waals surface area contributed by atoms with Gasteiger partial charge in [-0.25, -0.2) is 0 Å². The first-order valence-electron chi connectivity index (χ1n) is 10.0. The molecule has 2 aromatic carbocycles. The van der Waals surface area contributed by atoms with Crippen LogP contribution in [0.1, 0.15) is 17.8 Å². The number of aliphatic hydroxyl groups is 2. The smallest absolute Gasteiger partial charge is 0.0959 e. The molecule has 2 heterocycles. The van der Waals surface area contributed by atoms with Gasteiger partial charge in [0.2, 0.25) is 0 Å². The third-order valence-electron chi connectivity index (χ3n) is 5.31. The molecule has 0 atom stereocenters. The van der Waals surface area contributed by atoms with Gasteiger partial charge in [-0.15, -0.1) is 0 Å². The molecule has 2 aromatic heterocycles. The topological polar surface area (TPSA) is 78.5 Å². The molecule has 0 spiro atoms. The molecule has 0 aliphatic rings. The highest BCUT2D eigenvalue weighted by Crippen LogP contribution is 2.17. The predicted molar refractivity (Wildman–Crippen MR) is 116 cm³/mol. The molecule has 0 aliphatic carbocycles. The molecule has 0 aliphatic heterocycles. The maximum absolute atomic E-state index is 9.74. The van der Waals surface area contributed by atoms with E-state index in [-0.39, 0.29) is 13.5 Å². The van der Waals surface area contributed by atoms with E-state index < -0.39 is 0 Å². The Kier molecular flexibility index (Phi) is 6.27. The van der Waals surface area contributed by atoms with Gasteiger partial charge in [-0.05, 0) is 41.5 Å². The third-order valence-corrected chi connectivity index (χ3v) is 5.31. The van der Waals surface area contributed by atoms with Gasteiger partial charge in [-0.2, -0.15) is 0 Å². The molecular formula is C23H28N4O2. The van der Waals surface area contributed by atoms with E-state index in [0.717, 1.165) is 41.9 Å². The minimum absolute atomic E-state index is 0.0104. The van der Waals surface area contributed by atoms with Crippen LogP contribution in [0.15, 0.2) is 60.7 Å². The third kappa shape index (κ3) is 4.86. The summed E-state index contributed by atoms with van der Waals surface area (Å²) in [6.45, 7) is 2.88. The molecule has 152 valence electrons. The Bertz CT molecular complexity index is 905. The molecule has 0 saturated heterocycles. The van der Waals surface area contributed by atoms with Gasteiger partial charge in [0.25, 0.3) is 0 Å². The first kappa shape index (κ1) is 19.7. The van der Waals surface area contributed by atoms with Crippen LogP contribution in [0.4, 0.5) is 0 Å². The first-order valence-corrected chi connectivity index (χ1v) is 10.0. The highest BCUT2D eigenvalue weighted by molar-refractivity contribution is 5.80. The van der Waals surface area contributed by atoms with E-state index in [1.807, 2.05) is 34.1 Å². The number of nitrogens with zero attached hydrogens (tertiary/aromatic N) is 2. The first-order chi connectivity index (χ1) is 14.2. The van der Waals surface area contributed by atoms with Crippen LogP contribution in [0.25, 0.3) is 21.8 Å². The van der Waals surface area contributed by atoms with Gasteiger partial charge in [0, 0.05) is 48.6 Å². The van der Waals surface area contributed by atoms with E-state index >= 15 is 0 Å². The van der Waals surface area contributed by atoms with Gasteiger partial charge >= 0.3 is 0 Å². The zero-order valence-electron chi connectivity index (χ0n) is 16.5. The van der Waals surface area contributed by atoms with Gasteiger partial charge in [0.15, 0.2) is 0 Å². The highest BCUT2D eigenvalue weighted by atomic mass is 16.3. The molecule has 0 bridgehead atoms. The molecule has 29 heavy (non-hydrogen) atoms. The number of benzene rings is 2. The molecule has 0 unspecified atom stereocenters. The summed E-state index contributed by atoms with van der Waals surface area (Å²) in [6.07, 6.45) is 0.863. The minimum atomic E-state index is 0.0104. The molecule has 4 rings (SSSR count). The van der Waals surface area contributed by atoms with Crippen LogP contribution >= 0.6 is 0 Å². The molecule has 0 amide bonds. The molecule has 6 nitrogen and oxygen atoms in total. The van der Waals surface area contributed by atoms with Crippen LogP contribution < -0.4 is 0 Å². The normalized spacial score (nSPS) is 12.0. The SMILES string of the molecule is OCN(CCCN(CO)Cc1cc2ccccc2[nH]1)Cc1cc2ccccc2[nH]1. The summed E-state index contributed by atoms with van der Waals surface area (Å²) >= 11 is 0. The van der Waals surface area contributed by atoms with Crippen molar-refractivity contribution in [2.24, 2.45) is 0 Å². The van der Waals surface area contributed by atoms with Gasteiger partial charge in [-0.1, -0.05) is 36.4 Å². The monoisotopic (exact) mass is 392 g/mol. The lowest BCUT2D eigenvalue weighted by Crippen LogP contribution is -2.31. The van der Waals surface area contributed by atoms with Gasteiger partial charge in [0.05, 0.1) is 13.5 Å². The lowest BCUT2D eigenvalue weighted by atomic mass is 10.2. The van der Waals surface area contributed by atoms with Crippen molar-refractivity contribution >= 4 is 21.8 Å². The number of nitrogens with one attached hydrogen (secondary N) is 2. The van der Waals surface area contributed by atoms with Crippen molar-refractivity contribution in [2.45, 2.75) is 19.5 Å². The van der Waals surface area contributed by atoms with Crippen LogP contribution in [-0.2, 0) is 13.1 Å². The Morgan fingerprint density at radius 3 is 1.52 bits per heavy atom. The van der Waals surface area contributed by atoms with E-state index in [0.29, 0.717) is 13.1 Å². The Morgan fingerprint density at radius 1 is 0.655 bits per heavy atom. The standard InChI is InChI=1S/C23H28N4O2/c28-16-26(14-20-12-18-6-1-3-8-22(18)24-20)10-5-11-27(17-29)15-21-13-19-7-2-4-9-23(19)25-21/h1-4,6-9,12-13,24-25,28-29H,5,10-11,14-17H2. The van der Waals surface area contributed by atoms with E-state index in [9.17, 15) is 10.2 Å². The fourth-order valence-electron chi connectivity index (χ4n) is 3.84. The predicted octanol–water partition coefficient (Wildman–Crippen LogP) is 3.24. The van der Waals surface area contributed by atoms with Crippen LogP contribution in [0, 0.1) is 0 Å².